The van der Waals surface area contributed by atoms with Crippen molar-refractivity contribution in [2.45, 2.75) is 58.3 Å². The summed E-state index contributed by atoms with van der Waals surface area (Å²) in [4.78, 5) is 38.7. The highest BCUT2D eigenvalue weighted by molar-refractivity contribution is 6.21. The fourth-order valence-corrected chi connectivity index (χ4v) is 4.87. The van der Waals surface area contributed by atoms with Crippen LogP contribution < -0.4 is 0 Å². The van der Waals surface area contributed by atoms with Crippen LogP contribution in [0.15, 0.2) is 54.6 Å². The van der Waals surface area contributed by atoms with Gasteiger partial charge < -0.3 is 4.74 Å². The molecule has 0 unspecified atom stereocenters. The number of hydrogen-bond acceptors (Lipinski definition) is 4. The molecule has 0 bridgehead atoms. The number of imide groups is 1. The molecule has 1 heterocycles. The third-order valence-electron chi connectivity index (χ3n) is 6.89. The summed E-state index contributed by atoms with van der Waals surface area (Å²) in [6.07, 6.45) is 5.78. The van der Waals surface area contributed by atoms with Crippen molar-refractivity contribution in [1.29, 1.82) is 0 Å². The van der Waals surface area contributed by atoms with Crippen molar-refractivity contribution in [2.75, 3.05) is 13.7 Å². The van der Waals surface area contributed by atoms with E-state index in [1.807, 2.05) is 6.07 Å². The van der Waals surface area contributed by atoms with Gasteiger partial charge >= 0.3 is 5.97 Å². The molecule has 0 spiro atoms. The summed E-state index contributed by atoms with van der Waals surface area (Å²) in [5, 5.41) is 0. The molecule has 0 atom stereocenters. The number of unbranched alkanes of at least 4 members (excludes halogenated alkanes) is 4. The first kappa shape index (κ1) is 24.6. The number of carbonyl (C=O) groups excluding carboxylic acids is 3. The highest BCUT2D eigenvalue weighted by Gasteiger charge is 2.34. The van der Waals surface area contributed by atoms with Gasteiger partial charge in [-0.3, -0.25) is 14.5 Å². The van der Waals surface area contributed by atoms with Crippen LogP contribution in [0.3, 0.4) is 0 Å². The van der Waals surface area contributed by atoms with E-state index in [-0.39, 0.29) is 17.8 Å². The van der Waals surface area contributed by atoms with Crippen molar-refractivity contribution in [3.8, 4) is 11.1 Å². The Morgan fingerprint density at radius 3 is 2.09 bits per heavy atom. The Balaban J connectivity index is 1.29. The van der Waals surface area contributed by atoms with Gasteiger partial charge in [-0.25, -0.2) is 4.79 Å². The lowest BCUT2D eigenvalue weighted by Crippen LogP contribution is -2.30. The first-order valence-corrected chi connectivity index (χ1v) is 12.5. The van der Waals surface area contributed by atoms with Crippen LogP contribution in [0.5, 0.6) is 0 Å². The topological polar surface area (TPSA) is 63.7 Å². The standard InChI is InChI=1S/C30H33NO4/c1-20(2)21-13-11-16-23-22(19-27(26(23)18-21)30(34)35-3)12-7-5-4-6-10-17-31-28(32)24-14-8-9-15-25(24)29(31)33/h8-9,11,13-16,18-20H,4-7,10,12,17H2,1-3H3. The van der Waals surface area contributed by atoms with Crippen LogP contribution in [0.25, 0.3) is 11.1 Å². The molecule has 0 N–H and O–H groups in total. The summed E-state index contributed by atoms with van der Waals surface area (Å²) in [7, 11) is 1.43. The van der Waals surface area contributed by atoms with E-state index in [0.717, 1.165) is 49.7 Å². The Kier molecular flexibility index (Phi) is 7.64. The maximum atomic E-state index is 12.5. The van der Waals surface area contributed by atoms with Gasteiger partial charge in [0.2, 0.25) is 0 Å². The van der Waals surface area contributed by atoms with Gasteiger partial charge in [0, 0.05) is 6.54 Å². The number of rotatable bonds is 10. The smallest absolute Gasteiger partial charge is 0.338 e. The molecule has 2 amide bonds. The third-order valence-corrected chi connectivity index (χ3v) is 6.89. The van der Waals surface area contributed by atoms with Crippen molar-refractivity contribution in [3.05, 3.63) is 82.4 Å². The number of nitrogens with zero attached hydrogens (tertiary/aromatic N) is 1. The average Bonchev–Trinajstić information content (AvgIpc) is 3.20. The molecule has 0 fully saturated rings. The predicted molar refractivity (Wildman–Crippen MR) is 137 cm³/mol. The van der Waals surface area contributed by atoms with E-state index in [1.165, 1.54) is 23.1 Å². The first-order valence-electron chi connectivity index (χ1n) is 12.5. The molecule has 182 valence electrons. The lowest BCUT2D eigenvalue weighted by molar-refractivity contribution is 0.0599. The number of esters is 1. The highest BCUT2D eigenvalue weighted by atomic mass is 16.5. The molecular weight excluding hydrogens is 438 g/mol. The van der Waals surface area contributed by atoms with Gasteiger partial charge in [-0.1, -0.05) is 69.5 Å². The van der Waals surface area contributed by atoms with Gasteiger partial charge in [0.05, 0.1) is 23.8 Å². The van der Waals surface area contributed by atoms with Crippen molar-refractivity contribution in [1.82, 2.24) is 4.90 Å². The highest BCUT2D eigenvalue weighted by Crippen LogP contribution is 2.35. The van der Waals surface area contributed by atoms with Gasteiger partial charge in [-0.15, -0.1) is 0 Å². The number of ether oxygens (including phenoxy) is 1. The SMILES string of the molecule is COC(=O)c1cc(CCCCCCCN2C(=O)c3ccccc3C2=O)c2cccc(C(C)C)cc1-2. The lowest BCUT2D eigenvalue weighted by Gasteiger charge is -2.13. The summed E-state index contributed by atoms with van der Waals surface area (Å²) in [5.41, 5.74) is 6.11. The number of aryl methyl sites for hydroxylation is 1. The minimum Gasteiger partial charge on any atom is -0.465 e. The summed E-state index contributed by atoms with van der Waals surface area (Å²) < 4.78 is 5.05. The molecule has 4 rings (SSSR count). The minimum absolute atomic E-state index is 0.177. The van der Waals surface area contributed by atoms with Crippen LogP contribution in [0.2, 0.25) is 0 Å². The normalized spacial score (nSPS) is 13.1. The number of carbonyl (C=O) groups is 3. The van der Waals surface area contributed by atoms with Crippen LogP contribution in [-0.4, -0.2) is 36.3 Å². The van der Waals surface area contributed by atoms with E-state index in [4.69, 9.17) is 4.74 Å². The Hall–Kier alpha value is -3.47. The van der Waals surface area contributed by atoms with E-state index >= 15 is 0 Å². The van der Waals surface area contributed by atoms with E-state index < -0.39 is 0 Å². The van der Waals surface area contributed by atoms with Crippen molar-refractivity contribution in [2.24, 2.45) is 0 Å². The van der Waals surface area contributed by atoms with E-state index in [0.29, 0.717) is 29.2 Å². The minimum atomic E-state index is -0.296. The number of fused-ring (bicyclic) bond motifs is 2. The molecule has 1 aliphatic heterocycles. The number of benzene rings is 1. The zero-order valence-corrected chi connectivity index (χ0v) is 20.8. The zero-order chi connectivity index (χ0) is 24.9. The zero-order valence-electron chi connectivity index (χ0n) is 20.8. The van der Waals surface area contributed by atoms with E-state index in [2.05, 4.69) is 38.1 Å². The molecule has 5 heteroatoms. The van der Waals surface area contributed by atoms with Gasteiger partial charge in [0.15, 0.2) is 0 Å². The Bertz CT molecular complexity index is 1180. The van der Waals surface area contributed by atoms with Gasteiger partial charge in [0.1, 0.15) is 0 Å². The number of methoxy groups -OCH3 is 1. The summed E-state index contributed by atoms with van der Waals surface area (Å²) in [5.74, 6) is -0.280. The molecule has 5 nitrogen and oxygen atoms in total. The monoisotopic (exact) mass is 471 g/mol. The summed E-state index contributed by atoms with van der Waals surface area (Å²) >= 11 is 0. The quantitative estimate of drug-likeness (QED) is 0.193. The Labute approximate surface area is 207 Å². The molecule has 35 heavy (non-hydrogen) atoms. The van der Waals surface area contributed by atoms with E-state index in [9.17, 15) is 14.4 Å². The third kappa shape index (κ3) is 5.14. The second-order valence-corrected chi connectivity index (χ2v) is 9.55. The summed E-state index contributed by atoms with van der Waals surface area (Å²) in [6, 6.07) is 17.4. The maximum absolute atomic E-state index is 12.5. The van der Waals surface area contributed by atoms with Crippen LogP contribution in [-0.2, 0) is 11.2 Å². The van der Waals surface area contributed by atoms with Crippen molar-refractivity contribution < 1.29 is 19.1 Å². The molecule has 3 aliphatic rings. The lowest BCUT2D eigenvalue weighted by atomic mass is 10.0. The fourth-order valence-electron chi connectivity index (χ4n) is 4.87. The first-order chi connectivity index (χ1) is 16.9. The fraction of sp³-hybridized carbons (Fsp3) is 0.367. The predicted octanol–water partition coefficient (Wildman–Crippen LogP) is 6.49. The second kappa shape index (κ2) is 10.9. The van der Waals surface area contributed by atoms with Gasteiger partial charge in [-0.05, 0) is 65.6 Å². The summed E-state index contributed by atoms with van der Waals surface area (Å²) in [6.45, 7) is 4.77. The van der Waals surface area contributed by atoms with Gasteiger partial charge in [0.25, 0.3) is 11.8 Å². The van der Waals surface area contributed by atoms with Gasteiger partial charge in [-0.2, -0.15) is 0 Å². The molecule has 1 aromatic rings. The van der Waals surface area contributed by atoms with Crippen molar-refractivity contribution in [3.63, 3.8) is 0 Å². The molecular formula is C30H33NO4. The second-order valence-electron chi connectivity index (χ2n) is 9.55. The van der Waals surface area contributed by atoms with Crippen molar-refractivity contribution >= 4 is 17.8 Å². The molecule has 0 radical (unpaired) electrons. The molecule has 0 saturated carbocycles. The number of amides is 2. The molecule has 0 saturated heterocycles. The molecule has 0 aromatic heterocycles. The maximum Gasteiger partial charge on any atom is 0.338 e. The van der Waals surface area contributed by atoms with Crippen LogP contribution in [0.4, 0.5) is 0 Å². The Morgan fingerprint density at radius 2 is 1.43 bits per heavy atom. The Morgan fingerprint density at radius 1 is 0.800 bits per heavy atom. The van der Waals surface area contributed by atoms with Crippen LogP contribution in [0, 0.1) is 0 Å². The van der Waals surface area contributed by atoms with E-state index in [1.54, 1.807) is 24.3 Å². The largest absolute Gasteiger partial charge is 0.465 e. The molecule has 2 aliphatic carbocycles. The average molecular weight is 472 g/mol. The molecule has 1 aromatic carbocycles. The number of hydrogen-bond donors (Lipinski definition) is 0. The van der Waals surface area contributed by atoms with Crippen LogP contribution in [0.1, 0.15) is 94.1 Å². The van der Waals surface area contributed by atoms with Crippen LogP contribution >= 0.6 is 0 Å².